The van der Waals surface area contributed by atoms with Crippen LogP contribution < -0.4 is 5.32 Å². The Morgan fingerprint density at radius 2 is 1.94 bits per heavy atom. The van der Waals surface area contributed by atoms with E-state index in [2.05, 4.69) is 40.4 Å². The second-order valence-electron chi connectivity index (χ2n) is 8.74. The Hall–Kier alpha value is -2.99. The number of aryl methyl sites for hydroxylation is 1. The van der Waals surface area contributed by atoms with E-state index in [4.69, 9.17) is 0 Å². The fraction of sp³-hybridized carbons (Fsp3) is 0.385. The fourth-order valence-electron chi connectivity index (χ4n) is 4.38. The van der Waals surface area contributed by atoms with Crippen molar-refractivity contribution in [3.8, 4) is 5.69 Å². The molecule has 2 aromatic carbocycles. The SMILES string of the molecule is Cc1ccc(-n2cccn2)c(CN2CCC(CCC(=O)NCc3ccc(F)cc3)CC2)c1. The van der Waals surface area contributed by atoms with Crippen LogP contribution in [0.2, 0.25) is 0 Å². The normalized spacial score (nSPS) is 15.1. The number of aromatic nitrogens is 2. The van der Waals surface area contributed by atoms with E-state index >= 15 is 0 Å². The number of carbonyl (C=O) groups excluding carboxylic acids is 1. The van der Waals surface area contributed by atoms with E-state index in [0.29, 0.717) is 18.9 Å². The molecule has 1 fully saturated rings. The van der Waals surface area contributed by atoms with Crippen LogP contribution in [-0.2, 0) is 17.9 Å². The number of hydrogen-bond acceptors (Lipinski definition) is 3. The summed E-state index contributed by atoms with van der Waals surface area (Å²) in [6.45, 7) is 5.60. The maximum atomic E-state index is 13.0. The van der Waals surface area contributed by atoms with Crippen molar-refractivity contribution in [2.75, 3.05) is 13.1 Å². The van der Waals surface area contributed by atoms with Crippen molar-refractivity contribution in [3.63, 3.8) is 0 Å². The first-order valence-electron chi connectivity index (χ1n) is 11.4. The Kier molecular flexibility index (Phi) is 7.32. The lowest BCUT2D eigenvalue weighted by molar-refractivity contribution is -0.121. The van der Waals surface area contributed by atoms with Crippen LogP contribution in [0.25, 0.3) is 5.69 Å². The monoisotopic (exact) mass is 434 g/mol. The maximum absolute atomic E-state index is 13.0. The number of piperidine rings is 1. The molecule has 1 aliphatic heterocycles. The summed E-state index contributed by atoms with van der Waals surface area (Å²) in [5.41, 5.74) is 4.61. The standard InChI is InChI=1S/C26H31FN4O/c1-20-3-9-25(31-14-2-13-29-31)23(17-20)19-30-15-11-21(12-16-30)6-10-26(32)28-18-22-4-7-24(27)8-5-22/h2-5,7-9,13-14,17,21H,6,10-12,15-16,18-19H2,1H3,(H,28,32). The summed E-state index contributed by atoms with van der Waals surface area (Å²) in [5.74, 6) is 0.401. The van der Waals surface area contributed by atoms with E-state index in [1.165, 1.54) is 23.3 Å². The molecule has 2 heterocycles. The minimum absolute atomic E-state index is 0.0698. The largest absolute Gasteiger partial charge is 0.352 e. The molecule has 32 heavy (non-hydrogen) atoms. The molecule has 0 unspecified atom stereocenters. The molecule has 1 aromatic heterocycles. The van der Waals surface area contributed by atoms with Crippen molar-refractivity contribution in [2.45, 2.75) is 45.7 Å². The molecule has 1 N–H and O–H groups in total. The minimum atomic E-state index is -0.258. The number of amides is 1. The molecule has 1 saturated heterocycles. The summed E-state index contributed by atoms with van der Waals surface area (Å²) < 4.78 is 14.9. The fourth-order valence-corrected chi connectivity index (χ4v) is 4.38. The predicted octanol–water partition coefficient (Wildman–Crippen LogP) is 4.63. The first-order valence-corrected chi connectivity index (χ1v) is 11.4. The Morgan fingerprint density at radius 1 is 1.16 bits per heavy atom. The van der Waals surface area contributed by atoms with Gasteiger partial charge in [0.05, 0.1) is 5.69 Å². The lowest BCUT2D eigenvalue weighted by Gasteiger charge is -2.32. The summed E-state index contributed by atoms with van der Waals surface area (Å²) in [6.07, 6.45) is 7.51. The zero-order valence-corrected chi connectivity index (χ0v) is 18.6. The zero-order chi connectivity index (χ0) is 22.3. The van der Waals surface area contributed by atoms with Crippen LogP contribution >= 0.6 is 0 Å². The number of nitrogens with one attached hydrogen (secondary N) is 1. The number of benzene rings is 2. The summed E-state index contributed by atoms with van der Waals surface area (Å²) in [7, 11) is 0. The maximum Gasteiger partial charge on any atom is 0.220 e. The van der Waals surface area contributed by atoms with Gasteiger partial charge in [-0.3, -0.25) is 9.69 Å². The minimum Gasteiger partial charge on any atom is -0.352 e. The molecule has 1 aliphatic rings. The quantitative estimate of drug-likeness (QED) is 0.562. The molecule has 1 amide bonds. The molecule has 5 nitrogen and oxygen atoms in total. The van der Waals surface area contributed by atoms with E-state index in [0.717, 1.165) is 50.1 Å². The Bertz CT molecular complexity index is 1010. The Labute approximate surface area is 189 Å². The molecule has 0 aliphatic carbocycles. The van der Waals surface area contributed by atoms with Crippen LogP contribution in [0.1, 0.15) is 42.4 Å². The van der Waals surface area contributed by atoms with Gasteiger partial charge in [-0.25, -0.2) is 9.07 Å². The topological polar surface area (TPSA) is 50.2 Å². The van der Waals surface area contributed by atoms with E-state index < -0.39 is 0 Å². The number of hydrogen-bond donors (Lipinski definition) is 1. The van der Waals surface area contributed by atoms with Gasteiger partial charge in [0.25, 0.3) is 0 Å². The molecule has 168 valence electrons. The van der Waals surface area contributed by atoms with Crippen molar-refractivity contribution >= 4 is 5.91 Å². The smallest absolute Gasteiger partial charge is 0.220 e. The lowest BCUT2D eigenvalue weighted by Crippen LogP contribution is -2.34. The molecule has 0 spiro atoms. The summed E-state index contributed by atoms with van der Waals surface area (Å²) >= 11 is 0. The van der Waals surface area contributed by atoms with Gasteiger partial charge >= 0.3 is 0 Å². The van der Waals surface area contributed by atoms with Gasteiger partial charge < -0.3 is 5.32 Å². The average Bonchev–Trinajstić information content (AvgIpc) is 3.33. The van der Waals surface area contributed by atoms with Gasteiger partial charge in [-0.15, -0.1) is 0 Å². The van der Waals surface area contributed by atoms with Gasteiger partial charge in [-0.1, -0.05) is 29.8 Å². The van der Waals surface area contributed by atoms with E-state index in [-0.39, 0.29) is 11.7 Å². The summed E-state index contributed by atoms with van der Waals surface area (Å²) in [4.78, 5) is 14.7. The molecule has 0 radical (unpaired) electrons. The van der Waals surface area contributed by atoms with Crippen molar-refractivity contribution in [3.05, 3.63) is 83.4 Å². The zero-order valence-electron chi connectivity index (χ0n) is 18.6. The molecule has 4 rings (SSSR count). The number of carbonyl (C=O) groups is 1. The molecular formula is C26H31FN4O. The van der Waals surface area contributed by atoms with E-state index in [1.807, 2.05) is 23.1 Å². The highest BCUT2D eigenvalue weighted by molar-refractivity contribution is 5.75. The van der Waals surface area contributed by atoms with Crippen molar-refractivity contribution < 1.29 is 9.18 Å². The molecule has 0 saturated carbocycles. The van der Waals surface area contributed by atoms with Crippen LogP contribution in [0.15, 0.2) is 60.9 Å². The van der Waals surface area contributed by atoms with Crippen LogP contribution in [0, 0.1) is 18.7 Å². The number of halogens is 1. The van der Waals surface area contributed by atoms with Gasteiger partial charge in [0.1, 0.15) is 5.82 Å². The molecule has 3 aromatic rings. The lowest BCUT2D eigenvalue weighted by atomic mass is 9.91. The average molecular weight is 435 g/mol. The van der Waals surface area contributed by atoms with Gasteiger partial charge in [0.15, 0.2) is 0 Å². The van der Waals surface area contributed by atoms with Crippen molar-refractivity contribution in [1.29, 1.82) is 0 Å². The Balaban J connectivity index is 1.21. The molecular weight excluding hydrogens is 403 g/mol. The van der Waals surface area contributed by atoms with Crippen molar-refractivity contribution in [2.24, 2.45) is 5.92 Å². The second kappa shape index (κ2) is 10.6. The highest BCUT2D eigenvalue weighted by atomic mass is 19.1. The van der Waals surface area contributed by atoms with Gasteiger partial charge in [-0.05, 0) is 80.6 Å². The first-order chi connectivity index (χ1) is 15.6. The highest BCUT2D eigenvalue weighted by Gasteiger charge is 2.21. The van der Waals surface area contributed by atoms with Crippen LogP contribution in [0.5, 0.6) is 0 Å². The first kappa shape index (κ1) is 22.2. The number of nitrogens with zero attached hydrogens (tertiary/aromatic N) is 3. The predicted molar refractivity (Wildman–Crippen MR) is 124 cm³/mol. The second-order valence-corrected chi connectivity index (χ2v) is 8.74. The van der Waals surface area contributed by atoms with Crippen LogP contribution in [0.4, 0.5) is 4.39 Å². The number of rotatable bonds is 8. The number of likely N-dealkylation sites (tertiary alicyclic amines) is 1. The van der Waals surface area contributed by atoms with Crippen LogP contribution in [-0.4, -0.2) is 33.7 Å². The highest BCUT2D eigenvalue weighted by Crippen LogP contribution is 2.25. The molecule has 0 atom stereocenters. The third kappa shape index (κ3) is 6.04. The summed E-state index contributed by atoms with van der Waals surface area (Å²) in [6, 6.07) is 14.7. The molecule has 6 heteroatoms. The Morgan fingerprint density at radius 3 is 2.66 bits per heavy atom. The van der Waals surface area contributed by atoms with Gasteiger partial charge in [0, 0.05) is 31.9 Å². The third-order valence-corrected chi connectivity index (χ3v) is 6.27. The third-order valence-electron chi connectivity index (χ3n) is 6.27. The van der Waals surface area contributed by atoms with E-state index in [9.17, 15) is 9.18 Å². The van der Waals surface area contributed by atoms with Crippen LogP contribution in [0.3, 0.4) is 0 Å². The van der Waals surface area contributed by atoms with Gasteiger partial charge in [-0.2, -0.15) is 5.10 Å². The van der Waals surface area contributed by atoms with E-state index in [1.54, 1.807) is 12.1 Å². The van der Waals surface area contributed by atoms with Crippen molar-refractivity contribution in [1.82, 2.24) is 20.0 Å². The summed E-state index contributed by atoms with van der Waals surface area (Å²) in [5, 5.41) is 7.35. The van der Waals surface area contributed by atoms with Gasteiger partial charge in [0.2, 0.25) is 5.91 Å². The molecule has 0 bridgehead atoms.